The molecule has 2 unspecified atom stereocenters. The second-order valence-electron chi connectivity index (χ2n) is 6.73. The summed E-state index contributed by atoms with van der Waals surface area (Å²) in [5.41, 5.74) is 0.610. The van der Waals surface area contributed by atoms with Crippen LogP contribution in [0.5, 0.6) is 0 Å². The van der Waals surface area contributed by atoms with Crippen LogP contribution in [0.1, 0.15) is 51.8 Å². The Morgan fingerprint density at radius 3 is 2.71 bits per heavy atom. The average molecular weight is 307 g/mol. The smallest absolute Gasteiger partial charge is 0.244 e. The third-order valence-electron chi connectivity index (χ3n) is 5.05. The van der Waals surface area contributed by atoms with Crippen LogP contribution in [0.4, 0.5) is 0 Å². The first-order chi connectivity index (χ1) is 9.94. The number of carbonyl (C=O) groups is 1. The van der Waals surface area contributed by atoms with Crippen molar-refractivity contribution in [1.29, 1.82) is 0 Å². The van der Waals surface area contributed by atoms with Crippen LogP contribution in [-0.2, 0) is 4.79 Å². The highest BCUT2D eigenvalue weighted by Gasteiger charge is 2.51. The fourth-order valence-corrected chi connectivity index (χ4v) is 3.67. The first-order valence-electron chi connectivity index (χ1n) is 7.80. The molecule has 2 atom stereocenters. The predicted octanol–water partition coefficient (Wildman–Crippen LogP) is 3.74. The third kappa shape index (κ3) is 2.47. The van der Waals surface area contributed by atoms with Crippen LogP contribution < -0.4 is 5.32 Å². The van der Waals surface area contributed by atoms with Gasteiger partial charge in [0.2, 0.25) is 5.91 Å². The number of rotatable bonds is 3. The fraction of sp³-hybridized carbons (Fsp3) is 0.588. The molecule has 21 heavy (non-hydrogen) atoms. The summed E-state index contributed by atoms with van der Waals surface area (Å²) in [5.74, 6) is 0.947. The molecule has 3 nitrogen and oxygen atoms in total. The van der Waals surface area contributed by atoms with E-state index in [0.717, 1.165) is 30.7 Å². The molecule has 1 aromatic carbocycles. The van der Waals surface area contributed by atoms with Crippen LogP contribution in [0.25, 0.3) is 0 Å². The molecule has 1 saturated carbocycles. The van der Waals surface area contributed by atoms with Gasteiger partial charge in [-0.2, -0.15) is 0 Å². The minimum absolute atomic E-state index is 0.0568. The van der Waals surface area contributed by atoms with Gasteiger partial charge in [-0.25, -0.2) is 0 Å². The summed E-state index contributed by atoms with van der Waals surface area (Å²) in [4.78, 5) is 15.0. The van der Waals surface area contributed by atoms with Gasteiger partial charge in [-0.3, -0.25) is 10.1 Å². The Morgan fingerprint density at radius 1 is 1.43 bits per heavy atom. The number of amides is 1. The van der Waals surface area contributed by atoms with Crippen LogP contribution in [0.2, 0.25) is 5.02 Å². The Labute approximate surface area is 131 Å². The van der Waals surface area contributed by atoms with Gasteiger partial charge >= 0.3 is 0 Å². The summed E-state index contributed by atoms with van der Waals surface area (Å²) >= 11 is 6.13. The zero-order valence-corrected chi connectivity index (χ0v) is 13.7. The highest BCUT2D eigenvalue weighted by Crippen LogP contribution is 2.41. The van der Waals surface area contributed by atoms with E-state index in [0.29, 0.717) is 11.1 Å². The normalized spacial score (nSPS) is 35.9. The largest absolute Gasteiger partial charge is 0.318 e. The molecule has 3 rings (SSSR count). The van der Waals surface area contributed by atoms with Crippen LogP contribution in [0, 0.1) is 5.92 Å². The lowest BCUT2D eigenvalue weighted by molar-refractivity contribution is -0.137. The molecule has 0 spiro atoms. The first-order valence-corrected chi connectivity index (χ1v) is 8.18. The first kappa shape index (κ1) is 14.9. The minimum atomic E-state index is -0.466. The summed E-state index contributed by atoms with van der Waals surface area (Å²) in [6.07, 6.45) is 2.94. The molecule has 114 valence electrons. The van der Waals surface area contributed by atoms with E-state index in [4.69, 9.17) is 11.6 Å². The van der Waals surface area contributed by atoms with Crippen molar-refractivity contribution in [3.05, 3.63) is 34.9 Å². The van der Waals surface area contributed by atoms with Gasteiger partial charge in [-0.05, 0) is 49.8 Å². The Balaban J connectivity index is 1.94. The molecule has 0 radical (unpaired) electrons. The molecule has 0 aromatic heterocycles. The molecule has 1 heterocycles. The molecule has 1 aromatic rings. The van der Waals surface area contributed by atoms with Gasteiger partial charge in [0, 0.05) is 11.1 Å². The monoisotopic (exact) mass is 306 g/mol. The number of hydrogen-bond donors (Lipinski definition) is 1. The van der Waals surface area contributed by atoms with Gasteiger partial charge < -0.3 is 4.90 Å². The number of carbonyl (C=O) groups excluding carboxylic acids is 1. The summed E-state index contributed by atoms with van der Waals surface area (Å²) < 4.78 is 0. The molecular formula is C17H23ClN2O. The molecule has 0 bridgehead atoms. The molecule has 1 aliphatic carbocycles. The van der Waals surface area contributed by atoms with Crippen molar-refractivity contribution < 1.29 is 4.79 Å². The molecule has 1 aliphatic heterocycles. The van der Waals surface area contributed by atoms with Crippen molar-refractivity contribution in [3.63, 3.8) is 0 Å². The van der Waals surface area contributed by atoms with Gasteiger partial charge in [0.15, 0.2) is 0 Å². The van der Waals surface area contributed by atoms with Crippen molar-refractivity contribution in [2.75, 3.05) is 0 Å². The van der Waals surface area contributed by atoms with Gasteiger partial charge in [0.25, 0.3) is 0 Å². The summed E-state index contributed by atoms with van der Waals surface area (Å²) in [7, 11) is 0. The van der Waals surface area contributed by atoms with E-state index in [1.165, 1.54) is 0 Å². The van der Waals surface area contributed by atoms with Gasteiger partial charge in [-0.15, -0.1) is 0 Å². The maximum atomic E-state index is 12.9. The Morgan fingerprint density at radius 2 is 2.14 bits per heavy atom. The van der Waals surface area contributed by atoms with Gasteiger partial charge in [0.05, 0.1) is 5.54 Å². The predicted molar refractivity (Wildman–Crippen MR) is 85.1 cm³/mol. The number of nitrogens with zero attached hydrogens (tertiary/aromatic N) is 1. The van der Waals surface area contributed by atoms with E-state index in [-0.39, 0.29) is 12.1 Å². The van der Waals surface area contributed by atoms with Crippen LogP contribution in [0.15, 0.2) is 24.3 Å². The second-order valence-corrected chi connectivity index (χ2v) is 7.17. The Kier molecular flexibility index (Phi) is 3.74. The van der Waals surface area contributed by atoms with Crippen LogP contribution in [-0.4, -0.2) is 22.4 Å². The highest BCUT2D eigenvalue weighted by molar-refractivity contribution is 6.30. The maximum Gasteiger partial charge on any atom is 0.244 e. The summed E-state index contributed by atoms with van der Waals surface area (Å²) in [5, 5.41) is 4.26. The van der Waals surface area contributed by atoms with E-state index >= 15 is 0 Å². The maximum absolute atomic E-state index is 12.9. The van der Waals surface area contributed by atoms with Crippen molar-refractivity contribution in [3.8, 4) is 0 Å². The van der Waals surface area contributed by atoms with Gasteiger partial charge in [-0.1, -0.05) is 37.6 Å². The van der Waals surface area contributed by atoms with Crippen molar-refractivity contribution in [2.24, 2.45) is 5.92 Å². The number of benzene rings is 1. The quantitative estimate of drug-likeness (QED) is 0.922. The standard InChI is InChI=1S/C17H23ClN2O/c1-4-17(3)16(21)20(14-8-11(2)9-14)15(19-17)12-6-5-7-13(18)10-12/h5-7,10-11,14-15,19H,4,8-9H2,1-3H3. The van der Waals surface area contributed by atoms with Crippen LogP contribution in [0.3, 0.4) is 0 Å². The lowest BCUT2D eigenvalue weighted by Gasteiger charge is -2.42. The molecule has 1 saturated heterocycles. The number of halogens is 1. The Bertz CT molecular complexity index is 555. The highest BCUT2D eigenvalue weighted by atomic mass is 35.5. The topological polar surface area (TPSA) is 32.3 Å². The minimum Gasteiger partial charge on any atom is -0.318 e. The summed E-state index contributed by atoms with van der Waals surface area (Å²) in [6.45, 7) is 6.32. The van der Waals surface area contributed by atoms with E-state index < -0.39 is 5.54 Å². The van der Waals surface area contributed by atoms with E-state index in [1.807, 2.05) is 31.2 Å². The molecular weight excluding hydrogens is 284 g/mol. The third-order valence-corrected chi connectivity index (χ3v) is 5.29. The summed E-state index contributed by atoms with van der Waals surface area (Å²) in [6, 6.07) is 8.19. The fourth-order valence-electron chi connectivity index (χ4n) is 3.47. The van der Waals surface area contributed by atoms with E-state index in [1.54, 1.807) is 0 Å². The van der Waals surface area contributed by atoms with Crippen LogP contribution >= 0.6 is 11.6 Å². The zero-order valence-electron chi connectivity index (χ0n) is 12.9. The average Bonchev–Trinajstić information content (AvgIpc) is 2.69. The second kappa shape index (κ2) is 5.29. The van der Waals surface area contributed by atoms with E-state index in [2.05, 4.69) is 24.1 Å². The van der Waals surface area contributed by atoms with Crippen molar-refractivity contribution in [1.82, 2.24) is 10.2 Å². The SMILES string of the molecule is CCC1(C)NC(c2cccc(Cl)c2)N(C2CC(C)C2)C1=O. The van der Waals surface area contributed by atoms with E-state index in [9.17, 15) is 4.79 Å². The van der Waals surface area contributed by atoms with Crippen molar-refractivity contribution >= 4 is 17.5 Å². The Hall–Kier alpha value is -1.06. The molecule has 2 aliphatic rings. The molecule has 2 fully saturated rings. The molecule has 4 heteroatoms. The number of nitrogens with one attached hydrogen (secondary N) is 1. The molecule has 1 amide bonds. The van der Waals surface area contributed by atoms with Crippen molar-refractivity contribution in [2.45, 2.75) is 57.8 Å². The lowest BCUT2D eigenvalue weighted by Crippen LogP contribution is -2.48. The lowest BCUT2D eigenvalue weighted by atomic mass is 9.80. The molecule has 1 N–H and O–H groups in total. The van der Waals surface area contributed by atoms with Gasteiger partial charge in [0.1, 0.15) is 6.17 Å². The zero-order chi connectivity index (χ0) is 15.2. The number of hydrogen-bond acceptors (Lipinski definition) is 2.